The molecule has 0 saturated heterocycles. The van der Waals surface area contributed by atoms with E-state index in [0.29, 0.717) is 5.41 Å². The normalized spacial score (nSPS) is 19.5. The molecule has 1 aliphatic rings. The van der Waals surface area contributed by atoms with Gasteiger partial charge in [0.05, 0.1) is 0 Å². The molecule has 0 aliphatic heterocycles. The van der Waals surface area contributed by atoms with Crippen molar-refractivity contribution in [1.82, 2.24) is 0 Å². The van der Waals surface area contributed by atoms with Crippen LogP contribution >= 0.6 is 15.9 Å². The third kappa shape index (κ3) is 1.67. The van der Waals surface area contributed by atoms with Crippen molar-refractivity contribution < 1.29 is 0 Å². The van der Waals surface area contributed by atoms with Crippen LogP contribution in [0.1, 0.15) is 31.2 Å². The van der Waals surface area contributed by atoms with Crippen LogP contribution < -0.4 is 0 Å². The molecule has 0 nitrogen and oxygen atoms in total. The van der Waals surface area contributed by atoms with Crippen LogP contribution in [0.4, 0.5) is 0 Å². The lowest BCUT2D eigenvalue weighted by Gasteiger charge is -2.42. The molecule has 0 atom stereocenters. The molecule has 0 amide bonds. The first-order chi connectivity index (χ1) is 6.37. The monoisotopic (exact) mass is 238 g/mol. The van der Waals surface area contributed by atoms with E-state index in [1.165, 1.54) is 25.7 Å². The highest BCUT2D eigenvalue weighted by molar-refractivity contribution is 9.09. The lowest BCUT2D eigenvalue weighted by atomic mass is 9.63. The molecule has 0 unspecified atom stereocenters. The Labute approximate surface area is 88.5 Å². The Bertz CT molecular complexity index is 262. The van der Waals surface area contributed by atoms with Crippen molar-refractivity contribution in [3.8, 4) is 0 Å². The van der Waals surface area contributed by atoms with Gasteiger partial charge >= 0.3 is 0 Å². The van der Waals surface area contributed by atoms with Crippen molar-refractivity contribution in [1.29, 1.82) is 0 Å². The zero-order valence-electron chi connectivity index (χ0n) is 7.80. The van der Waals surface area contributed by atoms with Crippen LogP contribution in [-0.4, -0.2) is 5.33 Å². The molecule has 13 heavy (non-hydrogen) atoms. The van der Waals surface area contributed by atoms with Crippen LogP contribution in [0, 0.1) is 0 Å². The van der Waals surface area contributed by atoms with Gasteiger partial charge in [0, 0.05) is 5.33 Å². The minimum atomic E-state index is 0.519. The highest BCUT2D eigenvalue weighted by atomic mass is 79.9. The van der Waals surface area contributed by atoms with Crippen molar-refractivity contribution in [3.63, 3.8) is 0 Å². The highest BCUT2D eigenvalue weighted by Gasteiger charge is 2.37. The molecule has 0 aromatic heterocycles. The number of alkyl halides is 1. The molecule has 0 N–H and O–H groups in total. The number of halogens is 1. The van der Waals surface area contributed by atoms with E-state index in [4.69, 9.17) is 0 Å². The van der Waals surface area contributed by atoms with Crippen LogP contribution in [0.3, 0.4) is 0 Å². The van der Waals surface area contributed by atoms with Crippen molar-refractivity contribution in [2.45, 2.75) is 31.1 Å². The van der Waals surface area contributed by atoms with Gasteiger partial charge in [-0.2, -0.15) is 0 Å². The number of benzene rings is 1. The molecular weight excluding hydrogens is 224 g/mol. The Morgan fingerprint density at radius 3 is 2.31 bits per heavy atom. The summed E-state index contributed by atoms with van der Waals surface area (Å²) in [5.41, 5.74) is 2.06. The summed E-state index contributed by atoms with van der Waals surface area (Å²) in [6, 6.07) is 11.0. The Morgan fingerprint density at radius 1 is 1.15 bits per heavy atom. The van der Waals surface area contributed by atoms with Gasteiger partial charge in [-0.05, 0) is 30.2 Å². The Kier molecular flexibility index (Phi) is 2.73. The average Bonchev–Trinajstić information content (AvgIpc) is 2.13. The summed E-state index contributed by atoms with van der Waals surface area (Å²) in [4.78, 5) is 0. The van der Waals surface area contributed by atoms with Crippen LogP contribution in [0.5, 0.6) is 0 Å². The first kappa shape index (κ1) is 9.26. The summed E-state index contributed by atoms with van der Waals surface area (Å²) in [6.07, 6.45) is 5.45. The maximum absolute atomic E-state index is 3.56. The standard InChI is InChI=1S/C12H15Br/c13-10-9-12(7-4-8-12)11-5-2-1-3-6-11/h1-3,5-6H,4,7-10H2. The first-order valence-electron chi connectivity index (χ1n) is 4.99. The zero-order chi connectivity index (χ0) is 9.15. The number of hydrogen-bond acceptors (Lipinski definition) is 0. The summed E-state index contributed by atoms with van der Waals surface area (Å²) in [6.45, 7) is 0. The van der Waals surface area contributed by atoms with E-state index in [0.717, 1.165) is 5.33 Å². The Balaban J connectivity index is 2.22. The number of rotatable bonds is 3. The fraction of sp³-hybridized carbons (Fsp3) is 0.500. The SMILES string of the molecule is BrCCC1(c2ccccc2)CCC1. The van der Waals surface area contributed by atoms with E-state index in [1.807, 2.05) is 0 Å². The molecule has 1 fully saturated rings. The molecule has 70 valence electrons. The molecule has 0 heterocycles. The molecule has 0 bridgehead atoms. The van der Waals surface area contributed by atoms with Gasteiger partial charge in [0.2, 0.25) is 0 Å². The molecule has 0 spiro atoms. The summed E-state index contributed by atoms with van der Waals surface area (Å²) in [5.74, 6) is 0. The molecule has 2 rings (SSSR count). The van der Waals surface area contributed by atoms with Gasteiger partial charge < -0.3 is 0 Å². The Hall–Kier alpha value is -0.300. The molecule has 1 heteroatoms. The minimum absolute atomic E-state index is 0.519. The van der Waals surface area contributed by atoms with Gasteiger partial charge in [-0.15, -0.1) is 0 Å². The van der Waals surface area contributed by atoms with E-state index < -0.39 is 0 Å². The van der Waals surface area contributed by atoms with Gasteiger partial charge in [0.1, 0.15) is 0 Å². The molecular formula is C12H15Br. The topological polar surface area (TPSA) is 0 Å². The van der Waals surface area contributed by atoms with E-state index in [9.17, 15) is 0 Å². The minimum Gasteiger partial charge on any atom is -0.0928 e. The van der Waals surface area contributed by atoms with Crippen molar-refractivity contribution >= 4 is 15.9 Å². The predicted octanol–water partition coefficient (Wildman–Crippen LogP) is 3.89. The van der Waals surface area contributed by atoms with Gasteiger partial charge in [-0.3, -0.25) is 0 Å². The largest absolute Gasteiger partial charge is 0.0928 e. The lowest BCUT2D eigenvalue weighted by molar-refractivity contribution is 0.237. The third-order valence-electron chi connectivity index (χ3n) is 3.27. The van der Waals surface area contributed by atoms with Crippen LogP contribution in [0.25, 0.3) is 0 Å². The van der Waals surface area contributed by atoms with E-state index in [2.05, 4.69) is 46.3 Å². The maximum atomic E-state index is 3.56. The first-order valence-corrected chi connectivity index (χ1v) is 6.11. The van der Waals surface area contributed by atoms with Gasteiger partial charge in [-0.25, -0.2) is 0 Å². The van der Waals surface area contributed by atoms with Crippen molar-refractivity contribution in [2.75, 3.05) is 5.33 Å². The van der Waals surface area contributed by atoms with E-state index in [1.54, 1.807) is 5.56 Å². The van der Waals surface area contributed by atoms with E-state index in [-0.39, 0.29) is 0 Å². The third-order valence-corrected chi connectivity index (χ3v) is 3.67. The predicted molar refractivity (Wildman–Crippen MR) is 60.4 cm³/mol. The molecule has 1 aliphatic carbocycles. The molecule has 1 aromatic carbocycles. The van der Waals surface area contributed by atoms with Crippen LogP contribution in [-0.2, 0) is 5.41 Å². The summed E-state index contributed by atoms with van der Waals surface area (Å²) in [7, 11) is 0. The summed E-state index contributed by atoms with van der Waals surface area (Å²) < 4.78 is 0. The second-order valence-corrected chi connectivity index (χ2v) is 4.73. The van der Waals surface area contributed by atoms with Gasteiger partial charge in [-0.1, -0.05) is 52.7 Å². The average molecular weight is 239 g/mol. The summed E-state index contributed by atoms with van der Waals surface area (Å²) in [5, 5.41) is 1.13. The van der Waals surface area contributed by atoms with Crippen LogP contribution in [0.15, 0.2) is 30.3 Å². The molecule has 0 radical (unpaired) electrons. The lowest BCUT2D eigenvalue weighted by Crippen LogP contribution is -2.34. The summed E-state index contributed by atoms with van der Waals surface area (Å²) >= 11 is 3.56. The smallest absolute Gasteiger partial charge is 0.00397 e. The van der Waals surface area contributed by atoms with Crippen LogP contribution in [0.2, 0.25) is 0 Å². The van der Waals surface area contributed by atoms with E-state index >= 15 is 0 Å². The second kappa shape index (κ2) is 3.83. The zero-order valence-corrected chi connectivity index (χ0v) is 9.39. The fourth-order valence-electron chi connectivity index (χ4n) is 2.26. The molecule has 1 aromatic rings. The molecule has 1 saturated carbocycles. The van der Waals surface area contributed by atoms with Crippen molar-refractivity contribution in [2.24, 2.45) is 0 Å². The quantitative estimate of drug-likeness (QED) is 0.702. The number of hydrogen-bond donors (Lipinski definition) is 0. The Morgan fingerprint density at radius 2 is 1.85 bits per heavy atom. The second-order valence-electron chi connectivity index (χ2n) is 3.94. The fourth-order valence-corrected chi connectivity index (χ4v) is 3.02. The van der Waals surface area contributed by atoms with Gasteiger partial charge in [0.15, 0.2) is 0 Å². The maximum Gasteiger partial charge on any atom is 0.00397 e. The highest BCUT2D eigenvalue weighted by Crippen LogP contribution is 2.46. The van der Waals surface area contributed by atoms with Gasteiger partial charge in [0.25, 0.3) is 0 Å². The van der Waals surface area contributed by atoms with Crippen molar-refractivity contribution in [3.05, 3.63) is 35.9 Å².